The fraction of sp³-hybridized carbons (Fsp3) is 0.462. The second-order valence-corrected chi connectivity index (χ2v) is 4.35. The molecule has 0 radical (unpaired) electrons. The van der Waals surface area contributed by atoms with Gasteiger partial charge in [-0.05, 0) is 26.4 Å². The maximum atomic E-state index is 11.8. The van der Waals surface area contributed by atoms with E-state index in [0.29, 0.717) is 17.9 Å². The van der Waals surface area contributed by atoms with Crippen LogP contribution in [-0.2, 0) is 6.42 Å². The molecule has 0 amide bonds. The summed E-state index contributed by atoms with van der Waals surface area (Å²) >= 11 is 0. The summed E-state index contributed by atoms with van der Waals surface area (Å²) in [5, 5.41) is 11.1. The Morgan fingerprint density at radius 1 is 1.42 bits per heavy atom. The first-order valence-electron chi connectivity index (χ1n) is 6.43. The van der Waals surface area contributed by atoms with Crippen LogP contribution in [0.4, 0.5) is 0 Å². The van der Waals surface area contributed by atoms with Crippen LogP contribution >= 0.6 is 0 Å². The molecule has 2 N–H and O–H groups in total. The molecule has 0 saturated carbocycles. The Labute approximate surface area is 111 Å². The van der Waals surface area contributed by atoms with Gasteiger partial charge in [0, 0.05) is 24.4 Å². The number of nitrogens with one attached hydrogen (secondary N) is 2. The van der Waals surface area contributed by atoms with Gasteiger partial charge in [-0.1, -0.05) is 6.92 Å². The highest BCUT2D eigenvalue weighted by Crippen LogP contribution is 2.13. The number of rotatable bonds is 6. The summed E-state index contributed by atoms with van der Waals surface area (Å²) in [6.07, 6.45) is 3.25. The Hall–Kier alpha value is -1.95. The smallest absolute Gasteiger partial charge is 0.253 e. The molecule has 0 bridgehead atoms. The fourth-order valence-corrected chi connectivity index (χ4v) is 1.75. The number of hydrogen-bond donors (Lipinski definition) is 2. The highest BCUT2D eigenvalue weighted by atomic mass is 16.4. The average Bonchev–Trinajstić information content (AvgIpc) is 2.83. The van der Waals surface area contributed by atoms with Gasteiger partial charge in [-0.15, -0.1) is 10.2 Å². The van der Waals surface area contributed by atoms with Gasteiger partial charge in [-0.2, -0.15) is 0 Å². The maximum Gasteiger partial charge on any atom is 0.253 e. The van der Waals surface area contributed by atoms with E-state index in [4.69, 9.17) is 4.42 Å². The molecule has 0 spiro atoms. The van der Waals surface area contributed by atoms with E-state index in [9.17, 15) is 4.79 Å². The molecular formula is C13H18N4O2. The summed E-state index contributed by atoms with van der Waals surface area (Å²) in [5.74, 6) is 0.840. The fourth-order valence-electron chi connectivity index (χ4n) is 1.75. The summed E-state index contributed by atoms with van der Waals surface area (Å²) in [6.45, 7) is 5.76. The van der Waals surface area contributed by atoms with Gasteiger partial charge >= 0.3 is 0 Å². The monoisotopic (exact) mass is 262 g/mol. The largest absolute Gasteiger partial charge is 0.420 e. The second-order valence-electron chi connectivity index (χ2n) is 4.35. The molecular weight excluding hydrogens is 244 g/mol. The molecule has 0 aromatic carbocycles. The predicted octanol–water partition coefficient (Wildman–Crippen LogP) is 1.28. The third kappa shape index (κ3) is 3.51. The van der Waals surface area contributed by atoms with E-state index < -0.39 is 0 Å². The van der Waals surface area contributed by atoms with Crippen LogP contribution in [0.25, 0.3) is 11.5 Å². The van der Waals surface area contributed by atoms with Crippen molar-refractivity contribution < 1.29 is 4.42 Å². The van der Waals surface area contributed by atoms with Crippen LogP contribution in [0, 0.1) is 6.92 Å². The van der Waals surface area contributed by atoms with Gasteiger partial charge < -0.3 is 14.7 Å². The molecule has 6 nitrogen and oxygen atoms in total. The van der Waals surface area contributed by atoms with Crippen LogP contribution in [0.2, 0.25) is 0 Å². The van der Waals surface area contributed by atoms with Crippen molar-refractivity contribution >= 4 is 0 Å². The lowest BCUT2D eigenvalue weighted by atomic mass is 10.2. The van der Waals surface area contributed by atoms with E-state index in [2.05, 4.69) is 27.4 Å². The minimum atomic E-state index is -0.112. The Balaban J connectivity index is 2.06. The molecule has 2 rings (SSSR count). The van der Waals surface area contributed by atoms with Crippen molar-refractivity contribution in [2.45, 2.75) is 26.7 Å². The van der Waals surface area contributed by atoms with Crippen molar-refractivity contribution in [2.24, 2.45) is 0 Å². The lowest BCUT2D eigenvalue weighted by molar-refractivity contribution is 0.492. The summed E-state index contributed by atoms with van der Waals surface area (Å²) < 4.78 is 5.50. The number of aromatic amines is 1. The summed E-state index contributed by atoms with van der Waals surface area (Å²) in [5.41, 5.74) is 1.11. The van der Waals surface area contributed by atoms with Crippen molar-refractivity contribution in [3.8, 4) is 11.5 Å². The Bertz CT molecular complexity index is 588. The molecule has 19 heavy (non-hydrogen) atoms. The van der Waals surface area contributed by atoms with Crippen molar-refractivity contribution in [2.75, 3.05) is 13.1 Å². The quantitative estimate of drug-likeness (QED) is 0.766. The molecule has 0 unspecified atom stereocenters. The summed E-state index contributed by atoms with van der Waals surface area (Å²) in [7, 11) is 0. The van der Waals surface area contributed by atoms with Crippen LogP contribution in [0.3, 0.4) is 0 Å². The molecule has 102 valence electrons. The van der Waals surface area contributed by atoms with Gasteiger partial charge in [0.15, 0.2) is 5.43 Å². The average molecular weight is 262 g/mol. The van der Waals surface area contributed by atoms with Crippen LogP contribution in [0.5, 0.6) is 0 Å². The highest BCUT2D eigenvalue weighted by Gasteiger charge is 2.11. The number of nitrogens with zero attached hydrogens (tertiary/aromatic N) is 2. The SMILES string of the molecule is CCNCCCc1nnc(-c2c[nH]c(C)cc2=O)o1. The summed E-state index contributed by atoms with van der Waals surface area (Å²) in [4.78, 5) is 14.8. The topological polar surface area (TPSA) is 83.8 Å². The van der Waals surface area contributed by atoms with Crippen molar-refractivity contribution in [3.63, 3.8) is 0 Å². The molecule has 0 saturated heterocycles. The lowest BCUT2D eigenvalue weighted by Crippen LogP contribution is -2.14. The van der Waals surface area contributed by atoms with Gasteiger partial charge in [-0.3, -0.25) is 4.79 Å². The van der Waals surface area contributed by atoms with E-state index >= 15 is 0 Å². The molecule has 2 aromatic heterocycles. The standard InChI is InChI=1S/C13H18N4O2/c1-3-14-6-4-5-12-16-17-13(19-12)10-8-15-9(2)7-11(10)18/h7-8,14H,3-6H2,1-2H3,(H,15,18). The minimum Gasteiger partial charge on any atom is -0.420 e. The van der Waals surface area contributed by atoms with Crippen molar-refractivity contribution in [1.29, 1.82) is 0 Å². The third-order valence-corrected chi connectivity index (χ3v) is 2.75. The van der Waals surface area contributed by atoms with Gasteiger partial charge in [-0.25, -0.2) is 0 Å². The van der Waals surface area contributed by atoms with Crippen molar-refractivity contribution in [1.82, 2.24) is 20.5 Å². The van der Waals surface area contributed by atoms with E-state index in [1.807, 2.05) is 6.92 Å². The minimum absolute atomic E-state index is 0.112. The highest BCUT2D eigenvalue weighted by molar-refractivity contribution is 5.50. The Kier molecular flexibility index (Phi) is 4.46. The molecule has 0 fully saturated rings. The zero-order valence-corrected chi connectivity index (χ0v) is 11.2. The molecule has 0 aliphatic rings. The van der Waals surface area contributed by atoms with E-state index in [-0.39, 0.29) is 11.3 Å². The lowest BCUT2D eigenvalue weighted by Gasteiger charge is -1.98. The molecule has 0 atom stereocenters. The van der Waals surface area contributed by atoms with Gasteiger partial charge in [0.25, 0.3) is 5.89 Å². The second kappa shape index (κ2) is 6.29. The molecule has 2 aromatic rings. The predicted molar refractivity (Wildman–Crippen MR) is 72.0 cm³/mol. The van der Waals surface area contributed by atoms with Crippen LogP contribution < -0.4 is 10.7 Å². The van der Waals surface area contributed by atoms with Crippen LogP contribution in [0.1, 0.15) is 24.9 Å². The van der Waals surface area contributed by atoms with Crippen molar-refractivity contribution in [3.05, 3.63) is 34.1 Å². The van der Waals surface area contributed by atoms with Gasteiger partial charge in [0.2, 0.25) is 5.89 Å². The number of hydrogen-bond acceptors (Lipinski definition) is 5. The number of pyridine rings is 1. The van der Waals surface area contributed by atoms with E-state index in [1.165, 1.54) is 6.07 Å². The van der Waals surface area contributed by atoms with Crippen LogP contribution in [0.15, 0.2) is 21.5 Å². The van der Waals surface area contributed by atoms with Gasteiger partial charge in [0.1, 0.15) is 5.56 Å². The Morgan fingerprint density at radius 2 is 2.26 bits per heavy atom. The third-order valence-electron chi connectivity index (χ3n) is 2.75. The number of aromatic nitrogens is 3. The maximum absolute atomic E-state index is 11.8. The molecule has 6 heteroatoms. The molecule has 0 aliphatic carbocycles. The first kappa shape index (κ1) is 13.5. The first-order chi connectivity index (χ1) is 9.20. The van der Waals surface area contributed by atoms with E-state index in [1.54, 1.807) is 6.20 Å². The zero-order valence-electron chi connectivity index (χ0n) is 11.2. The normalized spacial score (nSPS) is 10.8. The molecule has 0 aliphatic heterocycles. The van der Waals surface area contributed by atoms with Gasteiger partial charge in [0.05, 0.1) is 0 Å². The van der Waals surface area contributed by atoms with Crippen LogP contribution in [-0.4, -0.2) is 28.3 Å². The number of H-pyrrole nitrogens is 1. The molecule has 2 heterocycles. The number of aryl methyl sites for hydroxylation is 2. The first-order valence-corrected chi connectivity index (χ1v) is 6.43. The van der Waals surface area contributed by atoms with E-state index in [0.717, 1.165) is 25.2 Å². The summed E-state index contributed by atoms with van der Waals surface area (Å²) in [6, 6.07) is 1.52. The zero-order chi connectivity index (χ0) is 13.7. The Morgan fingerprint density at radius 3 is 3.00 bits per heavy atom.